The Morgan fingerprint density at radius 2 is 1.95 bits per heavy atom. The summed E-state index contributed by atoms with van der Waals surface area (Å²) >= 11 is 3.39. The third-order valence-electron chi connectivity index (χ3n) is 2.59. The van der Waals surface area contributed by atoms with Crippen LogP contribution in [-0.4, -0.2) is 12.6 Å². The lowest BCUT2D eigenvalue weighted by molar-refractivity contribution is 0.0523. The zero-order valence-electron chi connectivity index (χ0n) is 10.9. The minimum Gasteiger partial charge on any atom is -0.462 e. The Morgan fingerprint density at radius 1 is 1.20 bits per heavy atom. The highest BCUT2D eigenvalue weighted by Gasteiger charge is 2.17. The summed E-state index contributed by atoms with van der Waals surface area (Å²) in [7, 11) is 0. The van der Waals surface area contributed by atoms with Crippen molar-refractivity contribution in [3.63, 3.8) is 0 Å². The maximum Gasteiger partial charge on any atom is 0.342 e. The van der Waals surface area contributed by atoms with Crippen LogP contribution in [0.25, 0.3) is 0 Å². The van der Waals surface area contributed by atoms with E-state index in [4.69, 9.17) is 15.2 Å². The fourth-order valence-electron chi connectivity index (χ4n) is 1.68. The number of para-hydroxylation sites is 2. The number of halogens is 1. The van der Waals surface area contributed by atoms with E-state index in [0.717, 1.165) is 4.47 Å². The number of carbonyl (C=O) groups is 1. The fraction of sp³-hybridized carbons (Fsp3) is 0.133. The van der Waals surface area contributed by atoms with Crippen molar-refractivity contribution in [2.24, 2.45) is 0 Å². The number of ether oxygens (including phenoxy) is 2. The fourth-order valence-corrected chi connectivity index (χ4v) is 2.04. The van der Waals surface area contributed by atoms with E-state index in [1.807, 2.05) is 18.2 Å². The number of hydrogen-bond acceptors (Lipinski definition) is 4. The van der Waals surface area contributed by atoms with Crippen molar-refractivity contribution >= 4 is 27.6 Å². The minimum absolute atomic E-state index is 0.294. The molecule has 5 heteroatoms. The Kier molecular flexibility index (Phi) is 4.63. The molecule has 104 valence electrons. The van der Waals surface area contributed by atoms with E-state index in [1.54, 1.807) is 31.2 Å². The molecule has 2 aromatic rings. The van der Waals surface area contributed by atoms with E-state index in [9.17, 15) is 4.79 Å². The van der Waals surface area contributed by atoms with Crippen molar-refractivity contribution < 1.29 is 14.3 Å². The van der Waals surface area contributed by atoms with Crippen LogP contribution in [0.5, 0.6) is 11.5 Å². The molecule has 0 aliphatic rings. The average Bonchev–Trinajstić information content (AvgIpc) is 2.43. The van der Waals surface area contributed by atoms with Crippen LogP contribution in [0.1, 0.15) is 17.3 Å². The maximum absolute atomic E-state index is 11.9. The van der Waals surface area contributed by atoms with E-state index in [1.165, 1.54) is 0 Å². The molecular weight excluding hydrogens is 322 g/mol. The zero-order chi connectivity index (χ0) is 14.5. The molecule has 0 aliphatic heterocycles. The molecule has 0 heterocycles. The van der Waals surface area contributed by atoms with Gasteiger partial charge in [0.1, 0.15) is 11.3 Å². The van der Waals surface area contributed by atoms with Gasteiger partial charge < -0.3 is 15.2 Å². The Labute approximate surface area is 125 Å². The van der Waals surface area contributed by atoms with Crippen LogP contribution in [-0.2, 0) is 4.74 Å². The first-order chi connectivity index (χ1) is 9.63. The van der Waals surface area contributed by atoms with Gasteiger partial charge in [0, 0.05) is 0 Å². The summed E-state index contributed by atoms with van der Waals surface area (Å²) in [6, 6.07) is 12.3. The van der Waals surface area contributed by atoms with Gasteiger partial charge in [-0.1, -0.05) is 18.2 Å². The van der Waals surface area contributed by atoms with Crippen LogP contribution < -0.4 is 10.5 Å². The molecule has 2 aromatic carbocycles. The third kappa shape index (κ3) is 3.11. The molecule has 4 nitrogen and oxygen atoms in total. The summed E-state index contributed by atoms with van der Waals surface area (Å²) in [4.78, 5) is 11.9. The normalized spacial score (nSPS) is 10.1. The highest BCUT2D eigenvalue weighted by atomic mass is 79.9. The standard InChI is InChI=1S/C15H14BrNO3/c1-2-19-15(18)10-6-5-8-12(17)14(10)20-13-9-4-3-7-11(13)16/h3-9H,2,17H2,1H3. The van der Waals surface area contributed by atoms with Crippen molar-refractivity contribution in [3.05, 3.63) is 52.5 Å². The maximum atomic E-state index is 11.9. The molecular formula is C15H14BrNO3. The van der Waals surface area contributed by atoms with Crippen LogP contribution in [0.2, 0.25) is 0 Å². The van der Waals surface area contributed by atoms with Crippen LogP contribution in [0.15, 0.2) is 46.9 Å². The Balaban J connectivity index is 2.40. The monoisotopic (exact) mass is 335 g/mol. The van der Waals surface area contributed by atoms with Crippen molar-refractivity contribution in [3.8, 4) is 11.5 Å². The second-order valence-electron chi connectivity index (χ2n) is 3.98. The second kappa shape index (κ2) is 6.43. The summed E-state index contributed by atoms with van der Waals surface area (Å²) in [5.74, 6) is 0.427. The topological polar surface area (TPSA) is 61.5 Å². The highest BCUT2D eigenvalue weighted by molar-refractivity contribution is 9.10. The zero-order valence-corrected chi connectivity index (χ0v) is 12.5. The van der Waals surface area contributed by atoms with E-state index in [0.29, 0.717) is 29.4 Å². The molecule has 0 unspecified atom stereocenters. The molecule has 0 saturated heterocycles. The predicted octanol–water partition coefficient (Wildman–Crippen LogP) is 4.00. The van der Waals surface area contributed by atoms with Gasteiger partial charge in [0.25, 0.3) is 0 Å². The summed E-state index contributed by atoms with van der Waals surface area (Å²) in [5.41, 5.74) is 6.59. The molecule has 2 N–H and O–H groups in total. The van der Waals surface area contributed by atoms with Crippen molar-refractivity contribution in [1.82, 2.24) is 0 Å². The largest absolute Gasteiger partial charge is 0.462 e. The Morgan fingerprint density at radius 3 is 2.65 bits per heavy atom. The Hall–Kier alpha value is -2.01. The first-order valence-corrected chi connectivity index (χ1v) is 6.90. The molecule has 0 amide bonds. The van der Waals surface area contributed by atoms with Crippen molar-refractivity contribution in [2.45, 2.75) is 6.92 Å². The number of nitrogen functional groups attached to an aromatic ring is 1. The molecule has 2 rings (SSSR count). The molecule has 0 spiro atoms. The molecule has 0 bridgehead atoms. The van der Waals surface area contributed by atoms with Crippen molar-refractivity contribution in [1.29, 1.82) is 0 Å². The predicted molar refractivity (Wildman–Crippen MR) is 81.0 cm³/mol. The third-order valence-corrected chi connectivity index (χ3v) is 3.24. The van der Waals surface area contributed by atoms with Gasteiger partial charge in [-0.15, -0.1) is 0 Å². The smallest absolute Gasteiger partial charge is 0.342 e. The SMILES string of the molecule is CCOC(=O)c1cccc(N)c1Oc1ccccc1Br. The van der Waals surface area contributed by atoms with Gasteiger partial charge in [-0.25, -0.2) is 4.79 Å². The lowest BCUT2D eigenvalue weighted by Gasteiger charge is -2.13. The van der Waals surface area contributed by atoms with Gasteiger partial charge in [-0.3, -0.25) is 0 Å². The van der Waals surface area contributed by atoms with Crippen LogP contribution in [0.3, 0.4) is 0 Å². The number of carbonyl (C=O) groups excluding carboxylic acids is 1. The second-order valence-corrected chi connectivity index (χ2v) is 4.83. The first-order valence-electron chi connectivity index (χ1n) is 6.11. The summed E-state index contributed by atoms with van der Waals surface area (Å²) in [5, 5.41) is 0. The van der Waals surface area contributed by atoms with Gasteiger partial charge in [-0.2, -0.15) is 0 Å². The first kappa shape index (κ1) is 14.4. The summed E-state index contributed by atoms with van der Waals surface area (Å²) < 4.78 is 11.5. The molecule has 0 aliphatic carbocycles. The van der Waals surface area contributed by atoms with Crippen LogP contribution >= 0.6 is 15.9 Å². The summed E-state index contributed by atoms with van der Waals surface area (Å²) in [6.45, 7) is 2.04. The van der Waals surface area contributed by atoms with Crippen LogP contribution in [0, 0.1) is 0 Å². The molecule has 0 saturated carbocycles. The van der Waals surface area contributed by atoms with Gasteiger partial charge in [0.05, 0.1) is 16.8 Å². The van der Waals surface area contributed by atoms with Crippen molar-refractivity contribution in [2.75, 3.05) is 12.3 Å². The number of esters is 1. The van der Waals surface area contributed by atoms with E-state index < -0.39 is 5.97 Å². The molecule has 0 atom stereocenters. The number of anilines is 1. The number of nitrogens with two attached hydrogens (primary N) is 1. The molecule has 20 heavy (non-hydrogen) atoms. The van der Waals surface area contributed by atoms with Gasteiger partial charge >= 0.3 is 5.97 Å². The quantitative estimate of drug-likeness (QED) is 0.677. The molecule has 0 aromatic heterocycles. The van der Waals surface area contributed by atoms with E-state index >= 15 is 0 Å². The highest BCUT2D eigenvalue weighted by Crippen LogP contribution is 2.35. The number of benzene rings is 2. The number of rotatable bonds is 4. The number of hydrogen-bond donors (Lipinski definition) is 1. The van der Waals surface area contributed by atoms with E-state index in [-0.39, 0.29) is 0 Å². The molecule has 0 radical (unpaired) electrons. The minimum atomic E-state index is -0.457. The van der Waals surface area contributed by atoms with E-state index in [2.05, 4.69) is 15.9 Å². The Bertz CT molecular complexity index is 628. The van der Waals surface area contributed by atoms with Gasteiger partial charge in [0.15, 0.2) is 5.75 Å². The average molecular weight is 336 g/mol. The lowest BCUT2D eigenvalue weighted by Crippen LogP contribution is -2.08. The lowest BCUT2D eigenvalue weighted by atomic mass is 10.1. The van der Waals surface area contributed by atoms with Crippen LogP contribution in [0.4, 0.5) is 5.69 Å². The molecule has 0 fully saturated rings. The summed E-state index contributed by atoms with van der Waals surface area (Å²) in [6.07, 6.45) is 0. The van der Waals surface area contributed by atoms with Gasteiger partial charge in [-0.05, 0) is 47.1 Å². The van der Waals surface area contributed by atoms with Gasteiger partial charge in [0.2, 0.25) is 0 Å².